The van der Waals surface area contributed by atoms with Crippen LogP contribution in [0, 0.1) is 6.92 Å². The highest BCUT2D eigenvalue weighted by Crippen LogP contribution is 2.22. The highest BCUT2D eigenvalue weighted by molar-refractivity contribution is 5.82. The molecule has 9 heteroatoms. The van der Waals surface area contributed by atoms with E-state index in [1.165, 1.54) is 4.57 Å². The molecule has 0 bridgehead atoms. The highest BCUT2D eigenvalue weighted by atomic mass is 16.5. The molecule has 0 aliphatic carbocycles. The summed E-state index contributed by atoms with van der Waals surface area (Å²) in [6.07, 6.45) is -4.73. The lowest BCUT2D eigenvalue weighted by atomic mass is 10.0. The Morgan fingerprint density at radius 2 is 1.87 bits per heavy atom. The molecule has 4 atom stereocenters. The molecule has 0 amide bonds. The van der Waals surface area contributed by atoms with Crippen LogP contribution in [0.5, 0.6) is 5.75 Å². The second-order valence-electron chi connectivity index (χ2n) is 7.18. The van der Waals surface area contributed by atoms with Crippen molar-refractivity contribution in [3.8, 4) is 11.4 Å². The van der Waals surface area contributed by atoms with E-state index in [1.807, 2.05) is 0 Å². The van der Waals surface area contributed by atoms with Gasteiger partial charge < -0.3 is 30.1 Å². The number of nitrogens with zero attached hydrogens (tertiary/aromatic N) is 2. The van der Waals surface area contributed by atoms with E-state index < -0.39 is 24.5 Å². The third-order valence-electron chi connectivity index (χ3n) is 5.18. The van der Waals surface area contributed by atoms with Crippen molar-refractivity contribution in [1.29, 1.82) is 0 Å². The number of anilines is 1. The summed E-state index contributed by atoms with van der Waals surface area (Å²) in [5, 5.41) is 32.9. The number of hydrogen-bond acceptors (Lipinski definition) is 8. The molecule has 2 heterocycles. The van der Waals surface area contributed by atoms with Gasteiger partial charge in [-0.25, -0.2) is 4.98 Å². The van der Waals surface area contributed by atoms with E-state index in [-0.39, 0.29) is 12.2 Å². The Morgan fingerprint density at radius 1 is 1.13 bits per heavy atom. The molecule has 3 aromatic rings. The topological polar surface area (TPSA) is 126 Å². The summed E-state index contributed by atoms with van der Waals surface area (Å²) < 4.78 is 12.1. The van der Waals surface area contributed by atoms with Crippen molar-refractivity contribution in [3.63, 3.8) is 0 Å². The average molecular weight is 413 g/mol. The number of aliphatic hydroxyl groups excluding tert-OH is 3. The number of fused-ring (bicyclic) bond motifs is 1. The SMILES string of the molecule is COc1ccc(-n2c(C)nc3ccc(NC4OC[C@H](O)[C@H](O)[C@H]4O)cc3c2=O)cc1. The molecule has 9 nitrogen and oxygen atoms in total. The lowest BCUT2D eigenvalue weighted by Gasteiger charge is -2.35. The molecule has 30 heavy (non-hydrogen) atoms. The standard InChI is InChI=1S/C21H23N3O6/c1-11-22-16-8-3-12(23-20-19(27)18(26)17(25)10-30-20)9-15(16)21(28)24(11)13-4-6-14(29-2)7-5-13/h3-9,17-20,23,25-27H,10H2,1-2H3/t17-,18-,19+,20?/m0/s1. The van der Waals surface area contributed by atoms with E-state index in [0.29, 0.717) is 33.9 Å². The first-order chi connectivity index (χ1) is 14.4. The molecule has 1 unspecified atom stereocenters. The van der Waals surface area contributed by atoms with Gasteiger partial charge in [0, 0.05) is 5.69 Å². The average Bonchev–Trinajstić information content (AvgIpc) is 2.75. The predicted molar refractivity (Wildman–Crippen MR) is 110 cm³/mol. The van der Waals surface area contributed by atoms with Crippen LogP contribution < -0.4 is 15.6 Å². The van der Waals surface area contributed by atoms with Gasteiger partial charge in [0.15, 0.2) is 6.23 Å². The fraction of sp³-hybridized carbons (Fsp3) is 0.333. The van der Waals surface area contributed by atoms with Gasteiger partial charge in [-0.1, -0.05) is 0 Å². The van der Waals surface area contributed by atoms with Crippen LogP contribution in [0.15, 0.2) is 47.3 Å². The van der Waals surface area contributed by atoms with E-state index >= 15 is 0 Å². The van der Waals surface area contributed by atoms with Gasteiger partial charge in [0.25, 0.3) is 5.56 Å². The van der Waals surface area contributed by atoms with E-state index in [0.717, 1.165) is 0 Å². The maximum absolute atomic E-state index is 13.2. The lowest BCUT2D eigenvalue weighted by molar-refractivity contribution is -0.178. The van der Waals surface area contributed by atoms with E-state index in [1.54, 1.807) is 56.5 Å². The quantitative estimate of drug-likeness (QED) is 0.489. The van der Waals surface area contributed by atoms with Crippen molar-refractivity contribution in [1.82, 2.24) is 9.55 Å². The molecule has 1 fully saturated rings. The van der Waals surface area contributed by atoms with Crippen LogP contribution in [0.2, 0.25) is 0 Å². The van der Waals surface area contributed by atoms with Crippen LogP contribution in [0.4, 0.5) is 5.69 Å². The normalized spacial score (nSPS) is 24.0. The fourth-order valence-electron chi connectivity index (χ4n) is 3.52. The summed E-state index contributed by atoms with van der Waals surface area (Å²) in [4.78, 5) is 17.7. The molecule has 1 aliphatic heterocycles. The van der Waals surface area contributed by atoms with Gasteiger partial charge in [0.1, 0.15) is 29.9 Å². The highest BCUT2D eigenvalue weighted by Gasteiger charge is 2.37. The van der Waals surface area contributed by atoms with Crippen LogP contribution in [0.25, 0.3) is 16.6 Å². The number of aromatic nitrogens is 2. The van der Waals surface area contributed by atoms with Crippen molar-refractivity contribution in [2.24, 2.45) is 0 Å². The molecule has 158 valence electrons. The molecule has 0 radical (unpaired) electrons. The second-order valence-corrected chi connectivity index (χ2v) is 7.18. The summed E-state index contributed by atoms with van der Waals surface area (Å²) in [5.74, 6) is 1.23. The lowest BCUT2D eigenvalue weighted by Crippen LogP contribution is -2.55. The number of aryl methyl sites for hydroxylation is 1. The maximum Gasteiger partial charge on any atom is 0.266 e. The molecular weight excluding hydrogens is 390 g/mol. The van der Waals surface area contributed by atoms with Gasteiger partial charge in [-0.05, 0) is 49.4 Å². The number of nitrogens with one attached hydrogen (secondary N) is 1. The first-order valence-corrected chi connectivity index (χ1v) is 9.49. The molecule has 1 saturated heterocycles. The van der Waals surface area contributed by atoms with Crippen LogP contribution in [0.3, 0.4) is 0 Å². The number of aliphatic hydroxyl groups is 3. The van der Waals surface area contributed by atoms with Crippen molar-refractivity contribution in [3.05, 3.63) is 58.6 Å². The summed E-state index contributed by atoms with van der Waals surface area (Å²) in [5.41, 5.74) is 1.47. The zero-order valence-electron chi connectivity index (χ0n) is 16.5. The minimum absolute atomic E-state index is 0.117. The summed E-state index contributed by atoms with van der Waals surface area (Å²) in [7, 11) is 1.57. The summed E-state index contributed by atoms with van der Waals surface area (Å²) in [6.45, 7) is 1.64. The Kier molecular flexibility index (Phi) is 5.44. The van der Waals surface area contributed by atoms with Gasteiger partial charge >= 0.3 is 0 Å². The Hall–Kier alpha value is -2.98. The Morgan fingerprint density at radius 3 is 2.57 bits per heavy atom. The van der Waals surface area contributed by atoms with E-state index in [9.17, 15) is 20.1 Å². The van der Waals surface area contributed by atoms with Gasteiger partial charge in [-0.3, -0.25) is 9.36 Å². The van der Waals surface area contributed by atoms with Crippen LogP contribution in [-0.2, 0) is 4.74 Å². The van der Waals surface area contributed by atoms with Crippen LogP contribution in [-0.4, -0.2) is 63.1 Å². The molecular formula is C21H23N3O6. The maximum atomic E-state index is 13.2. The first-order valence-electron chi connectivity index (χ1n) is 9.49. The molecule has 0 saturated carbocycles. The Balaban J connectivity index is 1.70. The second kappa shape index (κ2) is 8.04. The minimum Gasteiger partial charge on any atom is -0.497 e. The van der Waals surface area contributed by atoms with Crippen molar-refractivity contribution < 1.29 is 24.8 Å². The molecule has 1 aromatic heterocycles. The Labute approximate surface area is 172 Å². The van der Waals surface area contributed by atoms with Crippen LogP contribution >= 0.6 is 0 Å². The predicted octanol–water partition coefficient (Wildman–Crippen LogP) is 0.554. The fourth-order valence-corrected chi connectivity index (χ4v) is 3.52. The monoisotopic (exact) mass is 413 g/mol. The first kappa shape index (κ1) is 20.3. The zero-order valence-corrected chi connectivity index (χ0v) is 16.5. The van der Waals surface area contributed by atoms with Crippen molar-refractivity contribution in [2.75, 3.05) is 19.0 Å². The van der Waals surface area contributed by atoms with Crippen molar-refractivity contribution >= 4 is 16.6 Å². The van der Waals surface area contributed by atoms with E-state index in [2.05, 4.69) is 10.3 Å². The zero-order chi connectivity index (χ0) is 21.4. The molecule has 4 N–H and O–H groups in total. The largest absolute Gasteiger partial charge is 0.497 e. The molecule has 0 spiro atoms. The third-order valence-corrected chi connectivity index (χ3v) is 5.18. The van der Waals surface area contributed by atoms with Crippen molar-refractivity contribution in [2.45, 2.75) is 31.5 Å². The number of hydrogen-bond donors (Lipinski definition) is 4. The van der Waals surface area contributed by atoms with Gasteiger partial charge in [-0.2, -0.15) is 0 Å². The number of benzene rings is 2. The molecule has 2 aromatic carbocycles. The minimum atomic E-state index is -1.33. The van der Waals surface area contributed by atoms with Gasteiger partial charge in [0.2, 0.25) is 0 Å². The third kappa shape index (κ3) is 3.63. The number of methoxy groups -OCH3 is 1. The van der Waals surface area contributed by atoms with Gasteiger partial charge in [0.05, 0.1) is 30.3 Å². The number of ether oxygens (including phenoxy) is 2. The molecule has 4 rings (SSSR count). The smallest absolute Gasteiger partial charge is 0.266 e. The Bertz CT molecular complexity index is 1110. The number of rotatable bonds is 4. The van der Waals surface area contributed by atoms with Crippen LogP contribution in [0.1, 0.15) is 5.82 Å². The van der Waals surface area contributed by atoms with Gasteiger partial charge in [-0.15, -0.1) is 0 Å². The van der Waals surface area contributed by atoms with E-state index in [4.69, 9.17) is 9.47 Å². The summed E-state index contributed by atoms with van der Waals surface area (Å²) >= 11 is 0. The molecule has 1 aliphatic rings. The summed E-state index contributed by atoms with van der Waals surface area (Å²) in [6, 6.07) is 12.1.